The van der Waals surface area contributed by atoms with Gasteiger partial charge >= 0.3 is 6.03 Å². The second kappa shape index (κ2) is 3.55. The van der Waals surface area contributed by atoms with Crippen LogP contribution in [0.25, 0.3) is 0 Å². The van der Waals surface area contributed by atoms with E-state index in [0.717, 1.165) is 6.42 Å². The number of halogens is 1. The van der Waals surface area contributed by atoms with E-state index in [9.17, 15) is 9.18 Å². The highest BCUT2D eigenvalue weighted by atomic mass is 19.1. The molecule has 0 aromatic carbocycles. The van der Waals surface area contributed by atoms with Gasteiger partial charge in [-0.05, 0) is 12.8 Å². The molecule has 1 fully saturated rings. The summed E-state index contributed by atoms with van der Waals surface area (Å²) < 4.78 is 12.7. The molecule has 1 atom stereocenters. The predicted molar refractivity (Wildman–Crippen MR) is 40.2 cm³/mol. The molecule has 1 aliphatic rings. The lowest BCUT2D eigenvalue weighted by Gasteiger charge is -2.28. The van der Waals surface area contributed by atoms with Gasteiger partial charge in [0, 0.05) is 13.6 Å². The minimum Gasteiger partial charge on any atom is -0.341 e. The van der Waals surface area contributed by atoms with E-state index in [1.807, 2.05) is 0 Å². The van der Waals surface area contributed by atoms with Gasteiger partial charge in [-0.25, -0.2) is 9.18 Å². The van der Waals surface area contributed by atoms with Crippen LogP contribution in [0.2, 0.25) is 0 Å². The molecule has 0 radical (unpaired) electrons. The highest BCUT2D eigenvalue weighted by molar-refractivity contribution is 5.73. The Balaban J connectivity index is 2.39. The first-order valence-electron chi connectivity index (χ1n) is 3.84. The average Bonchev–Trinajstić information content (AvgIpc) is 2.03. The second-order valence-electron chi connectivity index (χ2n) is 2.74. The van der Waals surface area contributed by atoms with Crippen molar-refractivity contribution in [2.24, 2.45) is 0 Å². The standard InChI is InChI=1S/C7H13FN2O/c1-9-7(11)10-4-2-3-6(8)5-10/h6H,2-5H2,1H3,(H,9,11). The SMILES string of the molecule is CNC(=O)N1CCCC(F)C1. The molecule has 11 heavy (non-hydrogen) atoms. The maximum absolute atomic E-state index is 12.7. The van der Waals surface area contributed by atoms with Crippen LogP contribution in [0.1, 0.15) is 12.8 Å². The van der Waals surface area contributed by atoms with Crippen molar-refractivity contribution in [3.05, 3.63) is 0 Å². The number of hydrogen-bond acceptors (Lipinski definition) is 1. The largest absolute Gasteiger partial charge is 0.341 e. The summed E-state index contributed by atoms with van der Waals surface area (Å²) in [5, 5.41) is 2.48. The van der Waals surface area contributed by atoms with E-state index in [-0.39, 0.29) is 12.6 Å². The summed E-state index contributed by atoms with van der Waals surface area (Å²) in [4.78, 5) is 12.5. The zero-order chi connectivity index (χ0) is 8.27. The lowest BCUT2D eigenvalue weighted by Crippen LogP contribution is -2.44. The summed E-state index contributed by atoms with van der Waals surface area (Å²) in [6, 6.07) is -0.174. The van der Waals surface area contributed by atoms with Crippen LogP contribution in [-0.2, 0) is 0 Å². The number of amides is 2. The molecule has 0 aromatic rings. The fraction of sp³-hybridized carbons (Fsp3) is 0.857. The number of urea groups is 1. The molecule has 3 nitrogen and oxygen atoms in total. The highest BCUT2D eigenvalue weighted by Gasteiger charge is 2.21. The molecule has 1 rings (SSSR count). The van der Waals surface area contributed by atoms with E-state index >= 15 is 0 Å². The third-order valence-electron chi connectivity index (χ3n) is 1.86. The molecule has 0 bridgehead atoms. The van der Waals surface area contributed by atoms with E-state index in [4.69, 9.17) is 0 Å². The second-order valence-corrected chi connectivity index (χ2v) is 2.74. The van der Waals surface area contributed by atoms with Crippen molar-refractivity contribution < 1.29 is 9.18 Å². The summed E-state index contributed by atoms with van der Waals surface area (Å²) in [6.45, 7) is 0.930. The van der Waals surface area contributed by atoms with Crippen LogP contribution in [0.3, 0.4) is 0 Å². The Kier molecular flexibility index (Phi) is 2.68. The molecule has 0 saturated carbocycles. The number of alkyl halides is 1. The maximum Gasteiger partial charge on any atom is 0.317 e. The average molecular weight is 160 g/mol. The smallest absolute Gasteiger partial charge is 0.317 e. The van der Waals surface area contributed by atoms with Crippen LogP contribution in [0.4, 0.5) is 9.18 Å². The summed E-state index contributed by atoms with van der Waals surface area (Å²) in [5.74, 6) is 0. The topological polar surface area (TPSA) is 32.3 Å². The Morgan fingerprint density at radius 3 is 3.00 bits per heavy atom. The van der Waals surface area contributed by atoms with Crippen molar-refractivity contribution in [1.82, 2.24) is 10.2 Å². The molecule has 0 spiro atoms. The lowest BCUT2D eigenvalue weighted by atomic mass is 10.1. The molecular formula is C7H13FN2O. The van der Waals surface area contributed by atoms with Gasteiger partial charge in [0.2, 0.25) is 0 Å². The third-order valence-corrected chi connectivity index (χ3v) is 1.86. The van der Waals surface area contributed by atoms with Gasteiger partial charge in [-0.15, -0.1) is 0 Å². The van der Waals surface area contributed by atoms with Gasteiger partial charge in [-0.3, -0.25) is 0 Å². The monoisotopic (exact) mass is 160 g/mol. The van der Waals surface area contributed by atoms with Gasteiger partial charge in [0.1, 0.15) is 6.17 Å². The molecule has 4 heteroatoms. The molecule has 2 amide bonds. The zero-order valence-electron chi connectivity index (χ0n) is 6.64. The van der Waals surface area contributed by atoms with E-state index in [1.54, 1.807) is 7.05 Å². The number of piperidine rings is 1. The third kappa shape index (κ3) is 2.06. The van der Waals surface area contributed by atoms with Gasteiger partial charge in [-0.1, -0.05) is 0 Å². The molecule has 0 aromatic heterocycles. The van der Waals surface area contributed by atoms with E-state index in [0.29, 0.717) is 13.0 Å². The summed E-state index contributed by atoms with van der Waals surface area (Å²) in [5.41, 5.74) is 0. The Hall–Kier alpha value is -0.800. The first-order valence-corrected chi connectivity index (χ1v) is 3.84. The molecule has 1 saturated heterocycles. The first-order chi connectivity index (χ1) is 5.24. The van der Waals surface area contributed by atoms with Crippen molar-refractivity contribution in [2.45, 2.75) is 19.0 Å². The number of nitrogens with zero attached hydrogens (tertiary/aromatic N) is 1. The van der Waals surface area contributed by atoms with E-state index < -0.39 is 6.17 Å². The van der Waals surface area contributed by atoms with Crippen molar-refractivity contribution in [3.8, 4) is 0 Å². The number of carbonyl (C=O) groups is 1. The fourth-order valence-corrected chi connectivity index (χ4v) is 1.27. The Morgan fingerprint density at radius 2 is 2.45 bits per heavy atom. The number of nitrogens with one attached hydrogen (secondary N) is 1. The van der Waals surface area contributed by atoms with Crippen LogP contribution in [0.15, 0.2) is 0 Å². The lowest BCUT2D eigenvalue weighted by molar-refractivity contribution is 0.145. The normalized spacial score (nSPS) is 24.9. The first kappa shape index (κ1) is 8.30. The zero-order valence-corrected chi connectivity index (χ0v) is 6.64. The van der Waals surface area contributed by atoms with E-state index in [2.05, 4.69) is 5.32 Å². The predicted octanol–water partition coefficient (Wildman–Crippen LogP) is 0.760. The number of likely N-dealkylation sites (tertiary alicyclic amines) is 1. The molecule has 1 heterocycles. The quantitative estimate of drug-likeness (QED) is 0.557. The van der Waals surface area contributed by atoms with Crippen LogP contribution in [-0.4, -0.2) is 37.2 Å². The van der Waals surface area contributed by atoms with Crippen molar-refractivity contribution >= 4 is 6.03 Å². The Morgan fingerprint density at radius 1 is 1.73 bits per heavy atom. The number of hydrogen-bond donors (Lipinski definition) is 1. The number of rotatable bonds is 0. The number of carbonyl (C=O) groups excluding carboxylic acids is 1. The molecule has 0 aliphatic carbocycles. The van der Waals surface area contributed by atoms with E-state index in [1.165, 1.54) is 4.90 Å². The molecular weight excluding hydrogens is 147 g/mol. The highest BCUT2D eigenvalue weighted by Crippen LogP contribution is 2.12. The minimum atomic E-state index is -0.832. The van der Waals surface area contributed by atoms with Crippen molar-refractivity contribution in [3.63, 3.8) is 0 Å². The summed E-state index contributed by atoms with van der Waals surface area (Å²) in [6.07, 6.45) is 0.531. The van der Waals surface area contributed by atoms with Gasteiger partial charge in [0.15, 0.2) is 0 Å². The molecule has 1 aliphatic heterocycles. The van der Waals surface area contributed by atoms with Crippen LogP contribution < -0.4 is 5.32 Å². The van der Waals surface area contributed by atoms with Crippen LogP contribution >= 0.6 is 0 Å². The Labute approximate surface area is 65.6 Å². The van der Waals surface area contributed by atoms with Crippen LogP contribution in [0.5, 0.6) is 0 Å². The van der Waals surface area contributed by atoms with Gasteiger partial charge in [0.05, 0.1) is 6.54 Å². The van der Waals surface area contributed by atoms with Gasteiger partial charge in [-0.2, -0.15) is 0 Å². The molecule has 1 unspecified atom stereocenters. The molecule has 64 valence electrons. The Bertz CT molecular complexity index is 151. The van der Waals surface area contributed by atoms with Crippen LogP contribution in [0, 0.1) is 0 Å². The van der Waals surface area contributed by atoms with Gasteiger partial charge in [0.25, 0.3) is 0 Å². The van der Waals surface area contributed by atoms with Crippen molar-refractivity contribution in [1.29, 1.82) is 0 Å². The van der Waals surface area contributed by atoms with Crippen molar-refractivity contribution in [2.75, 3.05) is 20.1 Å². The summed E-state index contributed by atoms with van der Waals surface area (Å²) >= 11 is 0. The summed E-state index contributed by atoms with van der Waals surface area (Å²) in [7, 11) is 1.56. The molecule has 1 N–H and O–H groups in total. The maximum atomic E-state index is 12.7. The fourth-order valence-electron chi connectivity index (χ4n) is 1.27. The minimum absolute atomic E-state index is 0.174. The van der Waals surface area contributed by atoms with Gasteiger partial charge < -0.3 is 10.2 Å².